The van der Waals surface area contributed by atoms with Crippen LogP contribution in [0.25, 0.3) is 0 Å². The van der Waals surface area contributed by atoms with E-state index in [1.54, 1.807) is 12.1 Å². The molecule has 0 unspecified atom stereocenters. The van der Waals surface area contributed by atoms with Gasteiger partial charge in [0.05, 0.1) is 6.26 Å². The lowest BCUT2D eigenvalue weighted by atomic mass is 10.3. The molecule has 0 aliphatic heterocycles. The zero-order valence-corrected chi connectivity index (χ0v) is 11.4. The Morgan fingerprint density at radius 1 is 1.05 bits per heavy atom. The minimum atomic E-state index is -3.33. The van der Waals surface area contributed by atoms with Crippen LogP contribution in [-0.2, 0) is 10.0 Å². The van der Waals surface area contributed by atoms with Gasteiger partial charge in [-0.3, -0.25) is 4.72 Å². The summed E-state index contributed by atoms with van der Waals surface area (Å²) in [5.41, 5.74) is 0.973. The number of hydrogen-bond donors (Lipinski definition) is 1. The largest absolute Gasteiger partial charge is 0.328 e. The summed E-state index contributed by atoms with van der Waals surface area (Å²) >= 11 is 0. The van der Waals surface area contributed by atoms with E-state index in [-0.39, 0.29) is 5.82 Å². The SMILES string of the molecule is CN(c1ccccc1)c1ccc(NS(C)(=O)=O)nn1. The Morgan fingerprint density at radius 2 is 1.74 bits per heavy atom. The smallest absolute Gasteiger partial charge is 0.231 e. The molecular formula is C12H14N4O2S. The van der Waals surface area contributed by atoms with E-state index in [4.69, 9.17) is 0 Å². The molecule has 6 nitrogen and oxygen atoms in total. The molecule has 1 heterocycles. The van der Waals surface area contributed by atoms with Gasteiger partial charge in [0.2, 0.25) is 10.0 Å². The van der Waals surface area contributed by atoms with Crippen LogP contribution >= 0.6 is 0 Å². The molecule has 0 saturated carbocycles. The van der Waals surface area contributed by atoms with Crippen molar-refractivity contribution in [1.29, 1.82) is 0 Å². The first kappa shape index (κ1) is 13.3. The molecule has 1 aromatic heterocycles. The molecule has 19 heavy (non-hydrogen) atoms. The van der Waals surface area contributed by atoms with Gasteiger partial charge in [-0.1, -0.05) is 18.2 Å². The molecule has 7 heteroatoms. The second-order valence-corrected chi connectivity index (χ2v) is 5.79. The lowest BCUT2D eigenvalue weighted by molar-refractivity contribution is 0.606. The fraction of sp³-hybridized carbons (Fsp3) is 0.167. The van der Waals surface area contributed by atoms with Crippen LogP contribution in [0.2, 0.25) is 0 Å². The van der Waals surface area contributed by atoms with Crippen molar-refractivity contribution in [2.45, 2.75) is 0 Å². The van der Waals surface area contributed by atoms with E-state index in [1.165, 1.54) is 0 Å². The van der Waals surface area contributed by atoms with E-state index in [9.17, 15) is 8.42 Å². The summed E-state index contributed by atoms with van der Waals surface area (Å²) in [6.07, 6.45) is 1.07. The predicted molar refractivity (Wildman–Crippen MR) is 75.0 cm³/mol. The number of nitrogens with one attached hydrogen (secondary N) is 1. The molecule has 100 valence electrons. The monoisotopic (exact) mass is 278 g/mol. The van der Waals surface area contributed by atoms with Crippen molar-refractivity contribution in [3.63, 3.8) is 0 Å². The second-order valence-electron chi connectivity index (χ2n) is 4.05. The third kappa shape index (κ3) is 3.65. The van der Waals surface area contributed by atoms with Crippen LogP contribution in [0.4, 0.5) is 17.3 Å². The van der Waals surface area contributed by atoms with Crippen molar-refractivity contribution in [3.05, 3.63) is 42.5 Å². The third-order valence-corrected chi connectivity index (χ3v) is 3.01. The van der Waals surface area contributed by atoms with Gasteiger partial charge >= 0.3 is 0 Å². The first-order valence-electron chi connectivity index (χ1n) is 5.56. The van der Waals surface area contributed by atoms with E-state index in [0.717, 1.165) is 11.9 Å². The van der Waals surface area contributed by atoms with Crippen molar-refractivity contribution in [2.24, 2.45) is 0 Å². The van der Waals surface area contributed by atoms with Crippen LogP contribution in [0.3, 0.4) is 0 Å². The number of anilines is 3. The van der Waals surface area contributed by atoms with Crippen molar-refractivity contribution < 1.29 is 8.42 Å². The molecule has 0 aliphatic carbocycles. The molecule has 0 saturated heterocycles. The summed E-state index contributed by atoms with van der Waals surface area (Å²) < 4.78 is 24.4. The minimum Gasteiger partial charge on any atom is -0.328 e. The Kier molecular flexibility index (Phi) is 3.66. The maximum Gasteiger partial charge on any atom is 0.231 e. The summed E-state index contributed by atoms with van der Waals surface area (Å²) in [5.74, 6) is 0.831. The van der Waals surface area contributed by atoms with Crippen LogP contribution in [0.1, 0.15) is 0 Å². The number of para-hydroxylation sites is 1. The van der Waals surface area contributed by atoms with E-state index >= 15 is 0 Å². The number of aromatic nitrogens is 2. The van der Waals surface area contributed by atoms with E-state index in [1.807, 2.05) is 42.3 Å². The molecule has 0 amide bonds. The van der Waals surface area contributed by atoms with Gasteiger partial charge in [0.25, 0.3) is 0 Å². The molecule has 2 aromatic rings. The lowest BCUT2D eigenvalue weighted by Gasteiger charge is -2.17. The van der Waals surface area contributed by atoms with E-state index in [2.05, 4.69) is 14.9 Å². The summed E-state index contributed by atoms with van der Waals surface area (Å²) in [6.45, 7) is 0. The number of hydrogen-bond acceptors (Lipinski definition) is 5. The third-order valence-electron chi connectivity index (χ3n) is 2.43. The van der Waals surface area contributed by atoms with Crippen LogP contribution in [0.15, 0.2) is 42.5 Å². The quantitative estimate of drug-likeness (QED) is 0.919. The average Bonchev–Trinajstić information content (AvgIpc) is 2.38. The van der Waals surface area contributed by atoms with Crippen LogP contribution in [0, 0.1) is 0 Å². The Hall–Kier alpha value is -2.15. The van der Waals surface area contributed by atoms with Gasteiger partial charge in [-0.25, -0.2) is 8.42 Å². The van der Waals surface area contributed by atoms with Gasteiger partial charge in [0.1, 0.15) is 0 Å². The molecular weight excluding hydrogens is 264 g/mol. The number of rotatable bonds is 4. The molecule has 0 radical (unpaired) electrons. The highest BCUT2D eigenvalue weighted by atomic mass is 32.2. The van der Waals surface area contributed by atoms with Crippen molar-refractivity contribution in [2.75, 3.05) is 22.9 Å². The summed E-state index contributed by atoms with van der Waals surface area (Å²) in [4.78, 5) is 1.86. The van der Waals surface area contributed by atoms with Gasteiger partial charge in [0, 0.05) is 12.7 Å². The standard InChI is InChI=1S/C12H14N4O2S/c1-16(10-6-4-3-5-7-10)12-9-8-11(13-14-12)15-19(2,17)18/h3-9H,1-2H3,(H,13,15). The second kappa shape index (κ2) is 5.23. The topological polar surface area (TPSA) is 75.2 Å². The molecule has 0 spiro atoms. The number of sulfonamides is 1. The first-order chi connectivity index (χ1) is 8.96. The minimum absolute atomic E-state index is 0.202. The van der Waals surface area contributed by atoms with Gasteiger partial charge in [0.15, 0.2) is 11.6 Å². The summed E-state index contributed by atoms with van der Waals surface area (Å²) in [7, 11) is -1.46. The maximum atomic E-state index is 11.1. The Morgan fingerprint density at radius 3 is 2.26 bits per heavy atom. The van der Waals surface area contributed by atoms with Gasteiger partial charge in [-0.05, 0) is 24.3 Å². The van der Waals surface area contributed by atoms with Crippen molar-refractivity contribution in [1.82, 2.24) is 10.2 Å². The Balaban J connectivity index is 2.19. The Bertz CT molecular complexity index is 641. The fourth-order valence-electron chi connectivity index (χ4n) is 1.53. The average molecular weight is 278 g/mol. The maximum absolute atomic E-state index is 11.1. The zero-order chi connectivity index (χ0) is 13.9. The predicted octanol–water partition coefficient (Wildman–Crippen LogP) is 1.62. The molecule has 0 fully saturated rings. The van der Waals surface area contributed by atoms with Crippen molar-refractivity contribution >= 4 is 27.3 Å². The van der Waals surface area contributed by atoms with Gasteiger partial charge < -0.3 is 4.90 Å². The molecule has 0 aliphatic rings. The Labute approximate surface area is 112 Å². The van der Waals surface area contributed by atoms with Crippen LogP contribution < -0.4 is 9.62 Å². The van der Waals surface area contributed by atoms with Crippen LogP contribution in [0.5, 0.6) is 0 Å². The fourth-order valence-corrected chi connectivity index (χ4v) is 2.02. The van der Waals surface area contributed by atoms with E-state index in [0.29, 0.717) is 5.82 Å². The highest BCUT2D eigenvalue weighted by Gasteiger charge is 2.07. The summed E-state index contributed by atoms with van der Waals surface area (Å²) in [5, 5.41) is 7.82. The highest BCUT2D eigenvalue weighted by Crippen LogP contribution is 2.20. The number of benzene rings is 1. The van der Waals surface area contributed by atoms with Gasteiger partial charge in [-0.15, -0.1) is 10.2 Å². The van der Waals surface area contributed by atoms with Gasteiger partial charge in [-0.2, -0.15) is 0 Å². The first-order valence-corrected chi connectivity index (χ1v) is 7.45. The van der Waals surface area contributed by atoms with Crippen LogP contribution in [-0.4, -0.2) is 31.9 Å². The van der Waals surface area contributed by atoms with Crippen molar-refractivity contribution in [3.8, 4) is 0 Å². The molecule has 0 atom stereocenters. The lowest BCUT2D eigenvalue weighted by Crippen LogP contribution is -2.14. The summed E-state index contributed by atoms with van der Waals surface area (Å²) in [6, 6.07) is 13.0. The molecule has 2 rings (SSSR count). The van der Waals surface area contributed by atoms with E-state index < -0.39 is 10.0 Å². The highest BCUT2D eigenvalue weighted by molar-refractivity contribution is 7.92. The number of nitrogens with zero attached hydrogens (tertiary/aromatic N) is 3. The zero-order valence-electron chi connectivity index (χ0n) is 10.6. The normalized spacial score (nSPS) is 11.1. The molecule has 1 aromatic carbocycles. The molecule has 0 bridgehead atoms. The molecule has 1 N–H and O–H groups in total.